The van der Waals surface area contributed by atoms with Gasteiger partial charge in [0.05, 0.1) is 12.1 Å². The van der Waals surface area contributed by atoms with E-state index in [1.807, 2.05) is 74.2 Å². The highest BCUT2D eigenvalue weighted by molar-refractivity contribution is 5.91. The minimum Gasteiger partial charge on any atom is -0.334 e. The Bertz CT molecular complexity index is 804. The van der Waals surface area contributed by atoms with Crippen molar-refractivity contribution in [2.45, 2.75) is 39.3 Å². The van der Waals surface area contributed by atoms with Crippen molar-refractivity contribution in [3.05, 3.63) is 65.2 Å². The van der Waals surface area contributed by atoms with Crippen LogP contribution in [0.1, 0.15) is 36.1 Å². The summed E-state index contributed by atoms with van der Waals surface area (Å²) in [7, 11) is 0. The number of benzene rings is 2. The average molecular weight is 351 g/mol. The van der Waals surface area contributed by atoms with Crippen molar-refractivity contribution in [3.8, 4) is 0 Å². The summed E-state index contributed by atoms with van der Waals surface area (Å²) in [5.74, 6) is 0.0677. The Morgan fingerprint density at radius 3 is 2.58 bits per heavy atom. The molecule has 1 aliphatic rings. The zero-order valence-electron chi connectivity index (χ0n) is 15.5. The van der Waals surface area contributed by atoms with E-state index in [1.54, 1.807) is 0 Å². The zero-order valence-corrected chi connectivity index (χ0v) is 15.5. The van der Waals surface area contributed by atoms with Gasteiger partial charge in [0.25, 0.3) is 0 Å². The van der Waals surface area contributed by atoms with Crippen LogP contribution in [0.5, 0.6) is 0 Å². The van der Waals surface area contributed by atoms with Crippen LogP contribution in [0.2, 0.25) is 0 Å². The van der Waals surface area contributed by atoms with Crippen LogP contribution in [0.4, 0.5) is 10.5 Å². The van der Waals surface area contributed by atoms with Gasteiger partial charge in [0.2, 0.25) is 5.91 Å². The fourth-order valence-electron chi connectivity index (χ4n) is 3.41. The molecule has 0 radical (unpaired) electrons. The van der Waals surface area contributed by atoms with Crippen molar-refractivity contribution in [2.24, 2.45) is 0 Å². The Morgan fingerprint density at radius 2 is 1.88 bits per heavy atom. The molecule has 2 atom stereocenters. The highest BCUT2D eigenvalue weighted by Crippen LogP contribution is 2.25. The maximum Gasteiger partial charge on any atom is 0.319 e. The van der Waals surface area contributed by atoms with E-state index in [2.05, 4.69) is 10.6 Å². The molecule has 3 rings (SSSR count). The summed E-state index contributed by atoms with van der Waals surface area (Å²) >= 11 is 0. The van der Waals surface area contributed by atoms with E-state index in [-0.39, 0.29) is 24.0 Å². The lowest BCUT2D eigenvalue weighted by Crippen LogP contribution is -2.40. The quantitative estimate of drug-likeness (QED) is 0.880. The highest BCUT2D eigenvalue weighted by Gasteiger charge is 2.33. The number of carbonyl (C=O) groups excluding carboxylic acids is 2. The van der Waals surface area contributed by atoms with E-state index in [1.165, 1.54) is 0 Å². The number of hydrogen-bond donors (Lipinski definition) is 2. The van der Waals surface area contributed by atoms with Crippen LogP contribution < -0.4 is 10.6 Å². The van der Waals surface area contributed by atoms with E-state index < -0.39 is 0 Å². The molecule has 2 N–H and O–H groups in total. The number of amides is 3. The number of nitrogens with zero attached hydrogens (tertiary/aromatic N) is 1. The van der Waals surface area contributed by atoms with Crippen molar-refractivity contribution in [1.82, 2.24) is 10.2 Å². The van der Waals surface area contributed by atoms with Crippen LogP contribution in [-0.4, -0.2) is 29.4 Å². The van der Waals surface area contributed by atoms with Crippen LogP contribution >= 0.6 is 0 Å². The molecule has 2 unspecified atom stereocenters. The van der Waals surface area contributed by atoms with Crippen LogP contribution in [0, 0.1) is 13.8 Å². The second-order valence-electron chi connectivity index (χ2n) is 6.95. The van der Waals surface area contributed by atoms with Gasteiger partial charge in [0.15, 0.2) is 0 Å². The molecule has 0 bridgehead atoms. The number of urea groups is 1. The molecule has 2 aromatic rings. The molecule has 5 heteroatoms. The van der Waals surface area contributed by atoms with E-state index in [0.717, 1.165) is 22.4 Å². The van der Waals surface area contributed by atoms with E-state index in [4.69, 9.17) is 0 Å². The number of nitrogens with one attached hydrogen (secondary N) is 2. The second kappa shape index (κ2) is 7.60. The fraction of sp³-hybridized carbons (Fsp3) is 0.333. The normalized spacial score (nSPS) is 17.9. The van der Waals surface area contributed by atoms with Gasteiger partial charge in [0.1, 0.15) is 0 Å². The molecular formula is C21H25N3O2. The van der Waals surface area contributed by atoms with Gasteiger partial charge in [-0.3, -0.25) is 4.79 Å². The summed E-state index contributed by atoms with van der Waals surface area (Å²) in [6.45, 7) is 6.52. The Kier molecular flexibility index (Phi) is 5.26. The van der Waals surface area contributed by atoms with Crippen molar-refractivity contribution in [2.75, 3.05) is 11.9 Å². The molecule has 1 fully saturated rings. The monoisotopic (exact) mass is 351 g/mol. The number of aryl methyl sites for hydroxylation is 2. The van der Waals surface area contributed by atoms with E-state index >= 15 is 0 Å². The molecule has 0 saturated carbocycles. The molecule has 26 heavy (non-hydrogen) atoms. The average Bonchev–Trinajstić information content (AvgIpc) is 2.97. The van der Waals surface area contributed by atoms with Gasteiger partial charge in [-0.25, -0.2) is 4.79 Å². The Hall–Kier alpha value is -2.82. The number of carbonyl (C=O) groups is 2. The van der Waals surface area contributed by atoms with Crippen molar-refractivity contribution >= 4 is 17.6 Å². The number of hydrogen-bond acceptors (Lipinski definition) is 2. The van der Waals surface area contributed by atoms with Crippen LogP contribution in [0.25, 0.3) is 0 Å². The Labute approximate surface area is 154 Å². The third-order valence-corrected chi connectivity index (χ3v) is 4.87. The minimum absolute atomic E-state index is 0.00194. The maximum atomic E-state index is 12.4. The lowest BCUT2D eigenvalue weighted by Gasteiger charge is -2.25. The zero-order chi connectivity index (χ0) is 18.7. The first kappa shape index (κ1) is 18.0. The smallest absolute Gasteiger partial charge is 0.319 e. The standard InChI is InChI=1S/C21H25N3O2/c1-14-9-10-19(15(2)11-14)23-21(26)22-18-12-20(25)24(13-18)16(3)17-7-5-4-6-8-17/h4-11,16,18H,12-13H2,1-3H3,(H2,22,23,26). The van der Waals surface area contributed by atoms with Gasteiger partial charge >= 0.3 is 6.03 Å². The van der Waals surface area contributed by atoms with Crippen molar-refractivity contribution in [3.63, 3.8) is 0 Å². The molecular weight excluding hydrogens is 326 g/mol. The van der Waals surface area contributed by atoms with Gasteiger partial charge in [-0.05, 0) is 38.0 Å². The van der Waals surface area contributed by atoms with Gasteiger partial charge in [-0.1, -0.05) is 48.0 Å². The first-order valence-electron chi connectivity index (χ1n) is 8.93. The topological polar surface area (TPSA) is 61.4 Å². The van der Waals surface area contributed by atoms with Crippen molar-refractivity contribution < 1.29 is 9.59 Å². The van der Waals surface area contributed by atoms with Crippen LogP contribution in [0.15, 0.2) is 48.5 Å². The molecule has 0 aliphatic carbocycles. The molecule has 1 saturated heterocycles. The Balaban J connectivity index is 1.59. The van der Waals surface area contributed by atoms with Gasteiger partial charge in [-0.15, -0.1) is 0 Å². The highest BCUT2D eigenvalue weighted by atomic mass is 16.2. The number of likely N-dealkylation sites (tertiary alicyclic amines) is 1. The van der Waals surface area contributed by atoms with Gasteiger partial charge in [-0.2, -0.15) is 0 Å². The predicted octanol–water partition coefficient (Wildman–Crippen LogP) is 3.79. The van der Waals surface area contributed by atoms with Gasteiger partial charge < -0.3 is 15.5 Å². The molecule has 1 heterocycles. The summed E-state index contributed by atoms with van der Waals surface area (Å²) in [6.07, 6.45) is 0.331. The number of anilines is 1. The van der Waals surface area contributed by atoms with Gasteiger partial charge in [0, 0.05) is 18.7 Å². The third-order valence-electron chi connectivity index (χ3n) is 4.87. The SMILES string of the molecule is Cc1ccc(NC(=O)NC2CC(=O)N(C(C)c3ccccc3)C2)c(C)c1. The fourth-order valence-corrected chi connectivity index (χ4v) is 3.41. The maximum absolute atomic E-state index is 12.4. The summed E-state index contributed by atoms with van der Waals surface area (Å²) in [5, 5.41) is 5.80. The summed E-state index contributed by atoms with van der Waals surface area (Å²) in [5.41, 5.74) is 4.05. The van der Waals surface area contributed by atoms with E-state index in [0.29, 0.717) is 13.0 Å². The molecule has 5 nitrogen and oxygen atoms in total. The van der Waals surface area contributed by atoms with Crippen LogP contribution in [-0.2, 0) is 4.79 Å². The molecule has 0 spiro atoms. The first-order valence-corrected chi connectivity index (χ1v) is 8.93. The lowest BCUT2D eigenvalue weighted by molar-refractivity contribution is -0.129. The van der Waals surface area contributed by atoms with Crippen molar-refractivity contribution in [1.29, 1.82) is 0 Å². The molecule has 0 aromatic heterocycles. The number of rotatable bonds is 4. The molecule has 136 valence electrons. The minimum atomic E-state index is -0.274. The molecule has 1 aliphatic heterocycles. The molecule has 3 amide bonds. The third kappa shape index (κ3) is 4.04. The first-order chi connectivity index (χ1) is 12.4. The summed E-state index contributed by atoms with van der Waals surface area (Å²) < 4.78 is 0. The molecule has 2 aromatic carbocycles. The summed E-state index contributed by atoms with van der Waals surface area (Å²) in [4.78, 5) is 26.5. The van der Waals surface area contributed by atoms with Crippen LogP contribution in [0.3, 0.4) is 0 Å². The summed E-state index contributed by atoms with van der Waals surface area (Å²) in [6, 6.07) is 15.4. The largest absolute Gasteiger partial charge is 0.334 e. The lowest BCUT2D eigenvalue weighted by atomic mass is 10.1. The van der Waals surface area contributed by atoms with E-state index in [9.17, 15) is 9.59 Å². The Morgan fingerprint density at radius 1 is 1.15 bits per heavy atom. The second-order valence-corrected chi connectivity index (χ2v) is 6.95. The predicted molar refractivity (Wildman–Crippen MR) is 103 cm³/mol.